The molecule has 1 saturated carbocycles. The number of alkyl halides is 8. The van der Waals surface area contributed by atoms with Crippen molar-refractivity contribution in [1.82, 2.24) is 45.3 Å². The zero-order valence-corrected chi connectivity index (χ0v) is 36.4. The summed E-state index contributed by atoms with van der Waals surface area (Å²) in [6, 6.07) is 16.1. The van der Waals surface area contributed by atoms with Crippen LogP contribution in [0.2, 0.25) is 5.02 Å². The lowest BCUT2D eigenvalue weighted by atomic mass is 9.76. The molecule has 0 spiro atoms. The zero-order valence-electron chi connectivity index (χ0n) is 35.7. The van der Waals surface area contributed by atoms with E-state index in [-0.39, 0.29) is 60.3 Å². The minimum absolute atomic E-state index is 0.0478. The predicted molar refractivity (Wildman–Crippen MR) is 222 cm³/mol. The van der Waals surface area contributed by atoms with Gasteiger partial charge in [0.05, 0.1) is 29.5 Å². The Morgan fingerprint density at radius 1 is 0.924 bits per heavy atom. The third-order valence-corrected chi connectivity index (χ3v) is 11.4. The summed E-state index contributed by atoms with van der Waals surface area (Å²) in [5.74, 6) is -0.884. The molecule has 2 aliphatic rings. The van der Waals surface area contributed by atoms with Crippen molar-refractivity contribution in [1.29, 1.82) is 0 Å². The van der Waals surface area contributed by atoms with Crippen molar-refractivity contribution in [3.05, 3.63) is 113 Å². The van der Waals surface area contributed by atoms with Gasteiger partial charge in [0.25, 0.3) is 6.43 Å². The molecule has 0 saturated heterocycles. The van der Waals surface area contributed by atoms with E-state index in [0.29, 0.717) is 16.7 Å². The highest BCUT2D eigenvalue weighted by molar-refractivity contribution is 6.32. The maximum absolute atomic E-state index is 14.1. The van der Waals surface area contributed by atoms with E-state index in [0.717, 1.165) is 22.6 Å². The van der Waals surface area contributed by atoms with Crippen molar-refractivity contribution in [3.63, 3.8) is 0 Å². The molecular formula is C43H43ClF8N10O4. The van der Waals surface area contributed by atoms with Crippen molar-refractivity contribution < 1.29 is 54.2 Å². The zero-order chi connectivity index (χ0) is 47.8. The van der Waals surface area contributed by atoms with Crippen molar-refractivity contribution in [2.24, 2.45) is 10.4 Å². The Hall–Kier alpha value is -6.32. The van der Waals surface area contributed by atoms with Gasteiger partial charge in [-0.2, -0.15) is 31.4 Å². The number of carbonyl (C=O) groups is 2. The van der Waals surface area contributed by atoms with Gasteiger partial charge in [0, 0.05) is 5.56 Å². The molecule has 1 fully saturated rings. The number of benzene rings is 3. The fourth-order valence-electron chi connectivity index (χ4n) is 7.72. The Kier molecular flexibility index (Phi) is 13.1. The number of rotatable bonds is 13. The lowest BCUT2D eigenvalue weighted by molar-refractivity contribution is -0.183. The first-order valence-corrected chi connectivity index (χ1v) is 20.8. The fourth-order valence-corrected chi connectivity index (χ4v) is 7.92. The molecule has 3 aromatic carbocycles. The molecule has 5 aromatic rings. The highest BCUT2D eigenvalue weighted by Gasteiger charge is 2.66. The number of nitrogens with zero attached hydrogens (tertiary/aromatic N) is 8. The minimum Gasteiger partial charge on any atom is -0.447 e. The Bertz CT molecular complexity index is 2560. The number of aliphatic imine (C=N–C) groups is 1. The monoisotopic (exact) mass is 950 g/mol. The van der Waals surface area contributed by atoms with E-state index in [1.807, 2.05) is 20.8 Å². The largest absolute Gasteiger partial charge is 0.447 e. The molecule has 3 atom stereocenters. The summed E-state index contributed by atoms with van der Waals surface area (Å²) in [4.78, 5) is 36.9. The summed E-state index contributed by atoms with van der Waals surface area (Å²) < 4.78 is 123. The second-order valence-electron chi connectivity index (χ2n) is 17.2. The van der Waals surface area contributed by atoms with E-state index >= 15 is 0 Å². The topological polar surface area (TPSA) is 154 Å². The highest BCUT2D eigenvalue weighted by atomic mass is 35.5. The van der Waals surface area contributed by atoms with E-state index < -0.39 is 72.0 Å². The molecule has 2 N–H and O–H groups in total. The molecule has 352 valence electrons. The van der Waals surface area contributed by atoms with Crippen molar-refractivity contribution in [2.45, 2.75) is 95.5 Å². The van der Waals surface area contributed by atoms with Crippen LogP contribution in [-0.2, 0) is 27.2 Å². The normalized spacial score (nSPS) is 18.2. The van der Waals surface area contributed by atoms with Crippen LogP contribution in [0.1, 0.15) is 81.9 Å². The first-order valence-electron chi connectivity index (χ1n) is 20.4. The van der Waals surface area contributed by atoms with Crippen LogP contribution in [0.4, 0.5) is 44.7 Å². The van der Waals surface area contributed by atoms with Gasteiger partial charge in [0.15, 0.2) is 11.4 Å². The first kappa shape index (κ1) is 47.6. The van der Waals surface area contributed by atoms with Crippen LogP contribution in [0.15, 0.2) is 90.3 Å². The number of ether oxygens (including phenoxy) is 2. The molecule has 2 aromatic heterocycles. The highest BCUT2D eigenvalue weighted by Crippen LogP contribution is 2.55. The van der Waals surface area contributed by atoms with E-state index in [2.05, 4.69) is 25.7 Å². The van der Waals surface area contributed by atoms with Gasteiger partial charge in [0.1, 0.15) is 36.8 Å². The molecule has 14 nitrogen and oxygen atoms in total. The molecule has 66 heavy (non-hydrogen) atoms. The number of halogens is 9. The summed E-state index contributed by atoms with van der Waals surface area (Å²) in [5.41, 5.74) is -1.96. The third kappa shape index (κ3) is 10.4. The van der Waals surface area contributed by atoms with Crippen molar-refractivity contribution in [3.8, 4) is 16.9 Å². The number of amides is 2. The molecular weight excluding hydrogens is 908 g/mol. The summed E-state index contributed by atoms with van der Waals surface area (Å²) in [5, 5.41) is 16.1. The predicted octanol–water partition coefficient (Wildman–Crippen LogP) is 9.82. The summed E-state index contributed by atoms with van der Waals surface area (Å²) >= 11 is 6.53. The first-order chi connectivity index (χ1) is 31.0. The Morgan fingerprint density at radius 2 is 1.62 bits per heavy atom. The Balaban J connectivity index is 1.31. The second kappa shape index (κ2) is 18.2. The van der Waals surface area contributed by atoms with Crippen LogP contribution in [0, 0.1) is 5.41 Å². The molecule has 1 aliphatic heterocycles. The van der Waals surface area contributed by atoms with Gasteiger partial charge in [-0.1, -0.05) is 98.2 Å². The summed E-state index contributed by atoms with van der Waals surface area (Å²) in [7, 11) is 0. The molecule has 2 amide bonds. The van der Waals surface area contributed by atoms with Gasteiger partial charge in [-0.3, -0.25) is 5.32 Å². The number of alkyl carbamates (subject to hydrolysis) is 2. The van der Waals surface area contributed by atoms with Crippen LogP contribution >= 0.6 is 11.6 Å². The Morgan fingerprint density at radius 3 is 2.24 bits per heavy atom. The van der Waals surface area contributed by atoms with Crippen molar-refractivity contribution in [2.75, 3.05) is 13.2 Å². The van der Waals surface area contributed by atoms with Gasteiger partial charge in [0.2, 0.25) is 5.96 Å². The van der Waals surface area contributed by atoms with Crippen LogP contribution in [-0.4, -0.2) is 84.4 Å². The molecule has 7 rings (SSSR count). The third-order valence-electron chi connectivity index (χ3n) is 11.1. The quantitative estimate of drug-likeness (QED) is 0.110. The van der Waals surface area contributed by atoms with Gasteiger partial charge in [-0.25, -0.2) is 37.7 Å². The van der Waals surface area contributed by atoms with Crippen LogP contribution in [0.3, 0.4) is 0 Å². The molecule has 23 heteroatoms. The average Bonchev–Trinajstić information content (AvgIpc) is 3.52. The number of hydrogen-bond donors (Lipinski definition) is 2. The van der Waals surface area contributed by atoms with Crippen LogP contribution in [0.25, 0.3) is 16.9 Å². The lowest BCUT2D eigenvalue weighted by Crippen LogP contribution is -2.47. The standard InChI is InChI=1S/C43H43ClF8N10O4/c1-25(42(47,48)49)55-37(63)66-21-33(28-12-15-30(44)32(18-28)62-35(34(45)46)53-24-54-62)60-23-40(22-39(2,3)4,57-36(60)56-38(64)65-20-26-8-6-5-7-9-26)29-13-10-27(11-14-29)31-19-61(59-58-31)41(16-17-41)43(50,51)52/h5-15,18-19,24-25,33-34H,16-17,20-23H2,1-4H3,(H,55,63)(H,56,57,64)/t25-,33+,40-/m0/s1. The van der Waals surface area contributed by atoms with Crippen LogP contribution < -0.4 is 10.6 Å². The van der Waals surface area contributed by atoms with Crippen LogP contribution in [0.5, 0.6) is 0 Å². The maximum Gasteiger partial charge on any atom is 0.414 e. The Labute approximate surface area is 377 Å². The average molecular weight is 951 g/mol. The number of nitrogens with one attached hydrogen (secondary N) is 2. The molecule has 0 bridgehead atoms. The van der Waals surface area contributed by atoms with Gasteiger partial charge in [-0.15, -0.1) is 5.10 Å². The second-order valence-corrected chi connectivity index (χ2v) is 17.6. The van der Waals surface area contributed by atoms with Gasteiger partial charge in [-0.05, 0) is 60.4 Å². The molecule has 0 radical (unpaired) electrons. The molecule has 3 heterocycles. The lowest BCUT2D eigenvalue weighted by Gasteiger charge is -2.37. The van der Waals surface area contributed by atoms with E-state index in [9.17, 15) is 44.7 Å². The number of guanidine groups is 1. The fraction of sp³-hybridized carbons (Fsp3) is 0.419. The SMILES string of the molecule is C[C@H](NC(=O)OC[C@H](c1ccc(Cl)c(-n2ncnc2C(F)F)c1)N1C[C@@](CC(C)(C)C)(c2ccc(-c3cn(C4(C(F)(F)F)CC4)nn3)cc2)N=C1NC(=O)OCc1ccccc1)C(F)(F)F. The maximum atomic E-state index is 14.1. The van der Waals surface area contributed by atoms with E-state index in [1.54, 1.807) is 59.9 Å². The van der Waals surface area contributed by atoms with Crippen molar-refractivity contribution >= 4 is 29.7 Å². The molecule has 0 unspecified atom stereocenters. The summed E-state index contributed by atoms with van der Waals surface area (Å²) in [6.45, 7) is 5.57. The van der Waals surface area contributed by atoms with E-state index in [4.69, 9.17) is 26.1 Å². The van der Waals surface area contributed by atoms with Gasteiger partial charge >= 0.3 is 24.5 Å². The smallest absolute Gasteiger partial charge is 0.414 e. The number of carbonyl (C=O) groups excluding carboxylic acids is 2. The summed E-state index contributed by atoms with van der Waals surface area (Å²) in [6.07, 6.45) is -12.7. The van der Waals surface area contributed by atoms with Gasteiger partial charge < -0.3 is 19.7 Å². The molecule has 1 aliphatic carbocycles. The minimum atomic E-state index is -4.82. The number of aromatic nitrogens is 6. The van der Waals surface area contributed by atoms with E-state index in [1.165, 1.54) is 29.3 Å². The number of hydrogen-bond acceptors (Lipinski definition) is 10.